The molecule has 0 aliphatic carbocycles. The summed E-state index contributed by atoms with van der Waals surface area (Å²) >= 11 is 1.87. The maximum atomic E-state index is 4.61. The second kappa shape index (κ2) is 18.4. The van der Waals surface area contributed by atoms with Crippen molar-refractivity contribution in [3.8, 4) is 4.20 Å². The van der Waals surface area contributed by atoms with Crippen molar-refractivity contribution in [1.82, 2.24) is 0 Å². The van der Waals surface area contributed by atoms with Crippen LogP contribution in [0.3, 0.4) is 0 Å². The second-order valence-corrected chi connectivity index (χ2v) is 15.1. The SMILES string of the molecule is CC[C]#[Mo].Cc1cc(C)cc([N-]C(C)(C)C)c1.Cc1cc(C)cc([N-]C(C)(C)C)c1.Cc1cc(C)cc([N-]C(C)(C)C)c1. The Morgan fingerprint density at radius 1 is 0.442 bits per heavy atom. The monoisotopic (exact) mass is 667 g/mol. The first-order valence-corrected chi connectivity index (χ1v) is 16.3. The topological polar surface area (TPSA) is 42.3 Å². The molecule has 0 bridgehead atoms. The van der Waals surface area contributed by atoms with Crippen molar-refractivity contribution in [3.05, 3.63) is 104 Å². The van der Waals surface area contributed by atoms with Crippen LogP contribution in [0.5, 0.6) is 0 Å². The van der Waals surface area contributed by atoms with E-state index >= 15 is 0 Å². The fourth-order valence-electron chi connectivity index (χ4n) is 4.21. The summed E-state index contributed by atoms with van der Waals surface area (Å²) in [5.41, 5.74) is 11.0. The Labute approximate surface area is 277 Å². The van der Waals surface area contributed by atoms with Gasteiger partial charge < -0.3 is 16.0 Å². The molecule has 0 unspecified atom stereocenters. The minimum Gasteiger partial charge on any atom is -0.680 e. The first-order valence-electron chi connectivity index (χ1n) is 15.3. The third-order valence-electron chi connectivity index (χ3n) is 5.16. The van der Waals surface area contributed by atoms with Crippen molar-refractivity contribution in [2.75, 3.05) is 0 Å². The van der Waals surface area contributed by atoms with E-state index in [1.165, 1.54) is 33.4 Å². The first-order chi connectivity index (χ1) is 19.5. The largest absolute Gasteiger partial charge is 0.680 e. The van der Waals surface area contributed by atoms with Gasteiger partial charge in [0.1, 0.15) is 0 Å². The molecule has 0 heterocycles. The van der Waals surface area contributed by atoms with Crippen molar-refractivity contribution < 1.29 is 19.2 Å². The molecule has 0 amide bonds. The molecule has 0 saturated carbocycles. The Bertz CT molecular complexity index is 1080. The van der Waals surface area contributed by atoms with Gasteiger partial charge in [-0.3, -0.25) is 0 Å². The van der Waals surface area contributed by atoms with E-state index in [2.05, 4.69) is 186 Å². The fraction of sp³-hybridized carbons (Fsp3) is 0.513. The smallest absolute Gasteiger partial charge is 0.0398 e. The third kappa shape index (κ3) is 22.7. The quantitative estimate of drug-likeness (QED) is 0.250. The molecule has 4 heteroatoms. The fourth-order valence-corrected chi connectivity index (χ4v) is 4.21. The Morgan fingerprint density at radius 3 is 0.721 bits per heavy atom. The van der Waals surface area contributed by atoms with Gasteiger partial charge in [0.25, 0.3) is 0 Å². The van der Waals surface area contributed by atoms with E-state index in [0.717, 1.165) is 23.5 Å². The van der Waals surface area contributed by atoms with E-state index in [4.69, 9.17) is 0 Å². The zero-order valence-corrected chi connectivity index (χ0v) is 32.2. The molecule has 0 saturated heterocycles. The van der Waals surface area contributed by atoms with Gasteiger partial charge in [-0.05, 0) is 41.5 Å². The number of hydrogen-bond donors (Lipinski definition) is 0. The molecule has 0 N–H and O–H groups in total. The number of rotatable bonds is 3. The van der Waals surface area contributed by atoms with E-state index < -0.39 is 0 Å². The van der Waals surface area contributed by atoms with E-state index in [1.54, 1.807) is 0 Å². The van der Waals surface area contributed by atoms with Gasteiger partial charge in [0, 0.05) is 0 Å². The van der Waals surface area contributed by atoms with Crippen LogP contribution in [0.1, 0.15) is 109 Å². The maximum absolute atomic E-state index is 4.61. The molecule has 239 valence electrons. The molecule has 3 rings (SSSR count). The van der Waals surface area contributed by atoms with Crippen LogP contribution in [-0.2, 0) is 19.2 Å². The molecule has 3 aromatic rings. The molecule has 0 fully saturated rings. The summed E-state index contributed by atoms with van der Waals surface area (Å²) in [4.78, 5) is 0. The molecular formula is C39H59MoN3-3. The summed E-state index contributed by atoms with van der Waals surface area (Å²) in [6.07, 6.45) is 1.07. The predicted molar refractivity (Wildman–Crippen MR) is 190 cm³/mol. The predicted octanol–water partition coefficient (Wildman–Crippen LogP) is 13.2. The van der Waals surface area contributed by atoms with Gasteiger partial charge in [0.2, 0.25) is 0 Å². The number of aryl methyl sites for hydroxylation is 6. The Morgan fingerprint density at radius 2 is 0.605 bits per heavy atom. The molecule has 3 nitrogen and oxygen atoms in total. The zero-order chi connectivity index (χ0) is 33.6. The van der Waals surface area contributed by atoms with Gasteiger partial charge in [0.15, 0.2) is 0 Å². The molecular weight excluding hydrogens is 606 g/mol. The zero-order valence-electron chi connectivity index (χ0n) is 30.2. The first kappa shape index (κ1) is 40.5. The molecule has 43 heavy (non-hydrogen) atoms. The minimum atomic E-state index is 0.0141. The van der Waals surface area contributed by atoms with Crippen LogP contribution in [-0.4, -0.2) is 16.6 Å². The maximum Gasteiger partial charge on any atom is -0.0398 e. The standard InChI is InChI=1S/3C12H18N.C3H5.Mo/c3*1-9-6-10(2)8-11(7-9)13-12(3,4)5;1-3-2;/h3*6-8H,1-5H3;3H2,1H3;/q3*-1;;. The van der Waals surface area contributed by atoms with E-state index in [0.29, 0.717) is 0 Å². The number of nitrogens with zero attached hydrogens (tertiary/aromatic N) is 3. The Balaban J connectivity index is 0.000000578. The average molecular weight is 666 g/mol. The number of benzene rings is 3. The van der Waals surface area contributed by atoms with Crippen molar-refractivity contribution in [3.63, 3.8) is 0 Å². The van der Waals surface area contributed by atoms with Crippen LogP contribution < -0.4 is 0 Å². The number of hydrogen-bond acceptors (Lipinski definition) is 0. The van der Waals surface area contributed by atoms with Crippen LogP contribution in [0.25, 0.3) is 16.0 Å². The summed E-state index contributed by atoms with van der Waals surface area (Å²) < 4.78 is 2.94. The third-order valence-corrected chi connectivity index (χ3v) is 5.87. The van der Waals surface area contributed by atoms with Gasteiger partial charge >= 0.3 is 36.7 Å². The van der Waals surface area contributed by atoms with E-state index in [-0.39, 0.29) is 16.6 Å². The van der Waals surface area contributed by atoms with Gasteiger partial charge in [-0.15, -0.1) is 33.7 Å². The summed E-state index contributed by atoms with van der Waals surface area (Å²) in [5.74, 6) is 0. The molecule has 0 radical (unpaired) electrons. The van der Waals surface area contributed by atoms with E-state index in [9.17, 15) is 0 Å². The van der Waals surface area contributed by atoms with Crippen LogP contribution in [0.15, 0.2) is 54.6 Å². The van der Waals surface area contributed by atoms with Gasteiger partial charge in [0.05, 0.1) is 0 Å². The molecule has 0 aliphatic heterocycles. The summed E-state index contributed by atoms with van der Waals surface area (Å²) in [6, 6.07) is 19.2. The van der Waals surface area contributed by atoms with Gasteiger partial charge in [-0.25, -0.2) is 0 Å². The van der Waals surface area contributed by atoms with Gasteiger partial charge in [-0.2, -0.15) is 0 Å². The van der Waals surface area contributed by atoms with Crippen LogP contribution >= 0.6 is 0 Å². The molecule has 0 aromatic heterocycles. The van der Waals surface area contributed by atoms with Gasteiger partial charge in [-0.1, -0.05) is 150 Å². The molecule has 0 atom stereocenters. The van der Waals surface area contributed by atoms with Crippen molar-refractivity contribution in [2.45, 2.75) is 134 Å². The molecule has 0 aliphatic rings. The second-order valence-electron chi connectivity index (χ2n) is 14.4. The van der Waals surface area contributed by atoms with Crippen LogP contribution in [0.4, 0.5) is 17.1 Å². The van der Waals surface area contributed by atoms with Crippen LogP contribution in [0, 0.1) is 45.7 Å². The van der Waals surface area contributed by atoms with Crippen LogP contribution in [0.2, 0.25) is 0 Å². The summed E-state index contributed by atoms with van der Waals surface area (Å²) in [7, 11) is 0. The van der Waals surface area contributed by atoms with Crippen molar-refractivity contribution >= 4 is 17.1 Å². The van der Waals surface area contributed by atoms with E-state index in [1.807, 2.05) is 19.2 Å². The molecule has 3 aromatic carbocycles. The molecule has 0 spiro atoms. The summed E-state index contributed by atoms with van der Waals surface area (Å²) in [6.45, 7) is 33.7. The Kier molecular flexibility index (Phi) is 17.3. The van der Waals surface area contributed by atoms with Crippen molar-refractivity contribution in [1.29, 1.82) is 0 Å². The minimum absolute atomic E-state index is 0.0141. The van der Waals surface area contributed by atoms with Crippen molar-refractivity contribution in [2.24, 2.45) is 0 Å². The Hall–Kier alpha value is -2.47. The normalized spacial score (nSPS) is 10.9. The average Bonchev–Trinajstić information content (AvgIpc) is 2.74. The summed E-state index contributed by atoms with van der Waals surface area (Å²) in [5, 5.41) is 13.8.